The number of carbonyl (C=O) groups is 1. The fraction of sp³-hybridized carbons (Fsp3) is 0.125. The lowest BCUT2D eigenvalue weighted by atomic mass is 10.1. The van der Waals surface area contributed by atoms with Crippen molar-refractivity contribution >= 4 is 5.97 Å². The molecule has 0 radical (unpaired) electrons. The number of ether oxygens (including phenoxy) is 1. The van der Waals surface area contributed by atoms with Crippen molar-refractivity contribution in [3.05, 3.63) is 23.4 Å². The molecule has 5 heteroatoms. The molecule has 0 aliphatic carbocycles. The van der Waals surface area contributed by atoms with Crippen LogP contribution in [0.15, 0.2) is 12.3 Å². The number of nitriles is 1. The minimum Gasteiger partial charge on any atom is -0.480 e. The Balaban J connectivity index is 3.41. The van der Waals surface area contributed by atoms with E-state index in [4.69, 9.17) is 15.1 Å². The third-order valence-electron chi connectivity index (χ3n) is 1.44. The van der Waals surface area contributed by atoms with Crippen LogP contribution in [0.25, 0.3) is 0 Å². The van der Waals surface area contributed by atoms with Crippen LogP contribution in [0, 0.1) is 11.3 Å². The highest BCUT2D eigenvalue weighted by Crippen LogP contribution is 2.17. The van der Waals surface area contributed by atoms with E-state index in [1.165, 1.54) is 19.4 Å². The smallest absolute Gasteiger partial charge is 0.342 e. The molecular formula is C8H6N2O3. The summed E-state index contributed by atoms with van der Waals surface area (Å²) in [5.41, 5.74) is -0.160. The van der Waals surface area contributed by atoms with Gasteiger partial charge in [0.25, 0.3) is 0 Å². The maximum atomic E-state index is 10.7. The average Bonchev–Trinajstić information content (AvgIpc) is 2.16. The molecule has 66 valence electrons. The fourth-order valence-corrected chi connectivity index (χ4v) is 0.897. The van der Waals surface area contributed by atoms with Gasteiger partial charge in [-0.05, 0) is 6.07 Å². The van der Waals surface area contributed by atoms with Crippen molar-refractivity contribution < 1.29 is 14.6 Å². The predicted octanol–water partition coefficient (Wildman–Crippen LogP) is 0.660. The summed E-state index contributed by atoms with van der Waals surface area (Å²) in [6.45, 7) is 0. The van der Waals surface area contributed by atoms with Gasteiger partial charge in [0.2, 0.25) is 5.88 Å². The molecule has 1 aromatic heterocycles. The summed E-state index contributed by atoms with van der Waals surface area (Å²) in [4.78, 5) is 14.4. The van der Waals surface area contributed by atoms with Crippen molar-refractivity contribution in [1.82, 2.24) is 4.98 Å². The molecule has 0 atom stereocenters. The van der Waals surface area contributed by atoms with Gasteiger partial charge in [-0.15, -0.1) is 0 Å². The number of nitrogens with zero attached hydrogens (tertiary/aromatic N) is 2. The number of methoxy groups -OCH3 is 1. The summed E-state index contributed by atoms with van der Waals surface area (Å²) in [5, 5.41) is 17.3. The molecule has 0 amide bonds. The van der Waals surface area contributed by atoms with Gasteiger partial charge in [-0.2, -0.15) is 5.26 Å². The Morgan fingerprint density at radius 3 is 2.92 bits per heavy atom. The Hall–Kier alpha value is -2.09. The second-order valence-electron chi connectivity index (χ2n) is 2.16. The molecule has 0 aromatic carbocycles. The third kappa shape index (κ3) is 1.56. The molecule has 13 heavy (non-hydrogen) atoms. The van der Waals surface area contributed by atoms with Crippen LogP contribution in [-0.4, -0.2) is 23.2 Å². The summed E-state index contributed by atoms with van der Waals surface area (Å²) in [5.74, 6) is -1.27. The fourth-order valence-electron chi connectivity index (χ4n) is 0.897. The molecule has 0 aliphatic rings. The number of rotatable bonds is 2. The van der Waals surface area contributed by atoms with Crippen molar-refractivity contribution in [3.8, 4) is 11.9 Å². The molecule has 5 nitrogen and oxygen atoms in total. The summed E-state index contributed by atoms with van der Waals surface area (Å²) < 4.78 is 4.71. The minimum atomic E-state index is -1.22. The molecule has 0 aliphatic heterocycles. The first-order valence-electron chi connectivity index (χ1n) is 3.37. The van der Waals surface area contributed by atoms with Crippen LogP contribution >= 0.6 is 0 Å². The molecule has 0 saturated carbocycles. The molecular weight excluding hydrogens is 172 g/mol. The standard InChI is InChI=1S/C8H6N2O3/c1-13-7-6(8(11)12)5(4-9)2-3-10-7/h2-3H,1H3,(H,11,12). The lowest BCUT2D eigenvalue weighted by molar-refractivity contribution is 0.0692. The van der Waals surface area contributed by atoms with Crippen molar-refractivity contribution in [1.29, 1.82) is 5.26 Å². The number of carboxylic acids is 1. The van der Waals surface area contributed by atoms with E-state index < -0.39 is 5.97 Å². The van der Waals surface area contributed by atoms with Gasteiger partial charge in [0.05, 0.1) is 12.7 Å². The van der Waals surface area contributed by atoms with Crippen molar-refractivity contribution in [2.75, 3.05) is 7.11 Å². The number of pyridine rings is 1. The first kappa shape index (κ1) is 9.00. The van der Waals surface area contributed by atoms with Crippen LogP contribution in [0.1, 0.15) is 15.9 Å². The van der Waals surface area contributed by atoms with Gasteiger partial charge in [-0.1, -0.05) is 0 Å². The number of hydrogen-bond acceptors (Lipinski definition) is 4. The highest BCUT2D eigenvalue weighted by atomic mass is 16.5. The Morgan fingerprint density at radius 2 is 2.46 bits per heavy atom. The second-order valence-corrected chi connectivity index (χ2v) is 2.16. The van der Waals surface area contributed by atoms with E-state index in [2.05, 4.69) is 4.98 Å². The Kier molecular flexibility index (Phi) is 2.45. The normalized spacial score (nSPS) is 8.92. The summed E-state index contributed by atoms with van der Waals surface area (Å²) >= 11 is 0. The third-order valence-corrected chi connectivity index (χ3v) is 1.44. The van der Waals surface area contributed by atoms with Crippen molar-refractivity contribution in [3.63, 3.8) is 0 Å². The molecule has 0 bridgehead atoms. The number of hydrogen-bond donors (Lipinski definition) is 1. The van der Waals surface area contributed by atoms with Gasteiger partial charge < -0.3 is 9.84 Å². The van der Waals surface area contributed by atoms with Crippen molar-refractivity contribution in [2.45, 2.75) is 0 Å². The highest BCUT2D eigenvalue weighted by molar-refractivity contribution is 5.93. The van der Waals surface area contributed by atoms with E-state index in [0.717, 1.165) is 0 Å². The largest absolute Gasteiger partial charge is 0.480 e. The topological polar surface area (TPSA) is 83.2 Å². The number of aromatic carboxylic acids is 1. The van der Waals surface area contributed by atoms with E-state index in [0.29, 0.717) is 0 Å². The Morgan fingerprint density at radius 1 is 1.77 bits per heavy atom. The van der Waals surface area contributed by atoms with Crippen LogP contribution in [0.2, 0.25) is 0 Å². The summed E-state index contributed by atoms with van der Waals surface area (Å²) in [6.07, 6.45) is 1.32. The lowest BCUT2D eigenvalue weighted by Crippen LogP contribution is -2.05. The molecule has 0 fully saturated rings. The molecule has 1 aromatic rings. The van der Waals surface area contributed by atoms with Gasteiger partial charge in [-0.3, -0.25) is 0 Å². The molecule has 0 unspecified atom stereocenters. The second kappa shape index (κ2) is 3.54. The maximum Gasteiger partial charge on any atom is 0.342 e. The van der Waals surface area contributed by atoms with Gasteiger partial charge in [0.1, 0.15) is 11.6 Å². The van der Waals surface area contributed by atoms with Gasteiger partial charge in [0, 0.05) is 6.20 Å². The first-order valence-corrected chi connectivity index (χ1v) is 3.37. The first-order chi connectivity index (χ1) is 6.20. The molecule has 1 N–H and O–H groups in total. The van der Waals surface area contributed by atoms with E-state index in [1.54, 1.807) is 6.07 Å². The maximum absolute atomic E-state index is 10.7. The lowest BCUT2D eigenvalue weighted by Gasteiger charge is -2.03. The highest BCUT2D eigenvalue weighted by Gasteiger charge is 2.16. The molecule has 1 heterocycles. The zero-order valence-corrected chi connectivity index (χ0v) is 6.81. The predicted molar refractivity (Wildman–Crippen MR) is 42.5 cm³/mol. The summed E-state index contributed by atoms with van der Waals surface area (Å²) in [7, 11) is 1.30. The zero-order valence-electron chi connectivity index (χ0n) is 6.81. The van der Waals surface area contributed by atoms with E-state index in [9.17, 15) is 4.79 Å². The van der Waals surface area contributed by atoms with Crippen LogP contribution in [0.3, 0.4) is 0 Å². The number of aromatic nitrogens is 1. The Labute approximate surface area is 74.2 Å². The SMILES string of the molecule is COc1nccc(C#N)c1C(=O)O. The molecule has 0 spiro atoms. The minimum absolute atomic E-state index is 0.0411. The zero-order chi connectivity index (χ0) is 9.84. The van der Waals surface area contributed by atoms with E-state index >= 15 is 0 Å². The van der Waals surface area contributed by atoms with Crippen LogP contribution < -0.4 is 4.74 Å². The van der Waals surface area contributed by atoms with Gasteiger partial charge >= 0.3 is 5.97 Å². The van der Waals surface area contributed by atoms with Crippen LogP contribution in [0.5, 0.6) is 5.88 Å². The van der Waals surface area contributed by atoms with Gasteiger partial charge in [0.15, 0.2) is 0 Å². The Bertz CT molecular complexity index is 381. The van der Waals surface area contributed by atoms with E-state index in [-0.39, 0.29) is 17.0 Å². The van der Waals surface area contributed by atoms with Crippen LogP contribution in [-0.2, 0) is 0 Å². The quantitative estimate of drug-likeness (QED) is 0.719. The van der Waals surface area contributed by atoms with Crippen molar-refractivity contribution in [2.24, 2.45) is 0 Å². The average molecular weight is 178 g/mol. The molecule has 1 rings (SSSR count). The van der Waals surface area contributed by atoms with Gasteiger partial charge in [-0.25, -0.2) is 9.78 Å². The number of carboxylic acid groups (broad SMARTS) is 1. The monoisotopic (exact) mass is 178 g/mol. The molecule has 0 saturated heterocycles. The van der Waals surface area contributed by atoms with E-state index in [1.807, 2.05) is 0 Å². The summed E-state index contributed by atoms with van der Waals surface area (Å²) in [6, 6.07) is 3.08. The van der Waals surface area contributed by atoms with Crippen LogP contribution in [0.4, 0.5) is 0 Å².